The third-order valence-electron chi connectivity index (χ3n) is 4.68. The highest BCUT2D eigenvalue weighted by molar-refractivity contribution is 5.92. The van der Waals surface area contributed by atoms with Gasteiger partial charge in [-0.2, -0.15) is 5.10 Å². The first-order valence-electron chi connectivity index (χ1n) is 9.64. The fourth-order valence-corrected chi connectivity index (χ4v) is 3.34. The zero-order chi connectivity index (χ0) is 18.4. The quantitative estimate of drug-likeness (QED) is 0.834. The summed E-state index contributed by atoms with van der Waals surface area (Å²) in [6.07, 6.45) is 7.77. The number of pyridine rings is 1. The van der Waals surface area contributed by atoms with Crippen molar-refractivity contribution >= 4 is 11.7 Å². The first kappa shape index (κ1) is 18.4. The number of nitrogens with one attached hydrogen (secondary N) is 2. The first-order chi connectivity index (χ1) is 12.6. The van der Waals surface area contributed by atoms with Crippen LogP contribution in [-0.4, -0.2) is 34.2 Å². The van der Waals surface area contributed by atoms with Gasteiger partial charge in [0.25, 0.3) is 5.91 Å². The molecular weight excluding hydrogens is 326 g/mol. The summed E-state index contributed by atoms with van der Waals surface area (Å²) in [7, 11) is 0. The van der Waals surface area contributed by atoms with Crippen LogP contribution in [-0.2, 0) is 13.0 Å². The SMILES string of the molecule is CC(C)Cc1cc(C(=O)NCc2ccnc(N3CCCCCC3)c2)n[nH]1. The minimum Gasteiger partial charge on any atom is -0.357 e. The number of nitrogens with zero attached hydrogens (tertiary/aromatic N) is 3. The largest absolute Gasteiger partial charge is 0.357 e. The number of hydrogen-bond donors (Lipinski definition) is 2. The van der Waals surface area contributed by atoms with Crippen LogP contribution in [0.5, 0.6) is 0 Å². The van der Waals surface area contributed by atoms with Gasteiger partial charge in [-0.15, -0.1) is 0 Å². The summed E-state index contributed by atoms with van der Waals surface area (Å²) in [6.45, 7) is 6.90. The molecule has 3 rings (SSSR count). The van der Waals surface area contributed by atoms with Gasteiger partial charge in [0.1, 0.15) is 11.5 Å². The molecule has 0 atom stereocenters. The van der Waals surface area contributed by atoms with Crippen LogP contribution in [0.1, 0.15) is 61.3 Å². The van der Waals surface area contributed by atoms with Gasteiger partial charge in [-0.25, -0.2) is 4.98 Å². The van der Waals surface area contributed by atoms with Crippen LogP contribution in [0.2, 0.25) is 0 Å². The number of H-pyrrole nitrogens is 1. The zero-order valence-corrected chi connectivity index (χ0v) is 15.8. The highest BCUT2D eigenvalue weighted by atomic mass is 16.1. The maximum atomic E-state index is 12.3. The van der Waals surface area contributed by atoms with Crippen LogP contribution in [0, 0.1) is 5.92 Å². The Morgan fingerprint density at radius 3 is 2.73 bits per heavy atom. The summed E-state index contributed by atoms with van der Waals surface area (Å²) in [5.74, 6) is 1.39. The van der Waals surface area contributed by atoms with E-state index in [1.165, 1.54) is 25.7 Å². The lowest BCUT2D eigenvalue weighted by atomic mass is 10.1. The average molecular weight is 355 g/mol. The lowest BCUT2D eigenvalue weighted by Gasteiger charge is -2.21. The van der Waals surface area contributed by atoms with E-state index in [9.17, 15) is 4.79 Å². The Bertz CT molecular complexity index is 716. The Morgan fingerprint density at radius 2 is 2.00 bits per heavy atom. The second-order valence-electron chi connectivity index (χ2n) is 7.48. The van der Waals surface area contributed by atoms with Gasteiger partial charge in [0.15, 0.2) is 0 Å². The number of aromatic amines is 1. The molecule has 3 heterocycles. The summed E-state index contributed by atoms with van der Waals surface area (Å²) in [5.41, 5.74) is 2.51. The number of carbonyl (C=O) groups excluding carboxylic acids is 1. The van der Waals surface area contributed by atoms with Crippen LogP contribution in [0.4, 0.5) is 5.82 Å². The van der Waals surface area contributed by atoms with Crippen LogP contribution in [0.15, 0.2) is 24.4 Å². The van der Waals surface area contributed by atoms with Crippen molar-refractivity contribution in [3.63, 3.8) is 0 Å². The monoisotopic (exact) mass is 355 g/mol. The fourth-order valence-electron chi connectivity index (χ4n) is 3.34. The van der Waals surface area contributed by atoms with Gasteiger partial charge in [-0.05, 0) is 48.9 Å². The lowest BCUT2D eigenvalue weighted by Crippen LogP contribution is -2.26. The normalized spacial score (nSPS) is 15.1. The third-order valence-corrected chi connectivity index (χ3v) is 4.68. The molecule has 2 N–H and O–H groups in total. The molecule has 0 aromatic carbocycles. The third kappa shape index (κ3) is 5.07. The van der Waals surface area contributed by atoms with E-state index in [-0.39, 0.29) is 5.91 Å². The minimum absolute atomic E-state index is 0.149. The van der Waals surface area contributed by atoms with Crippen molar-refractivity contribution in [3.05, 3.63) is 41.3 Å². The van der Waals surface area contributed by atoms with Gasteiger partial charge in [-0.1, -0.05) is 26.7 Å². The summed E-state index contributed by atoms with van der Waals surface area (Å²) in [4.78, 5) is 19.2. The maximum Gasteiger partial charge on any atom is 0.272 e. The molecule has 0 saturated carbocycles. The molecule has 0 bridgehead atoms. The molecular formula is C20H29N5O. The first-order valence-corrected chi connectivity index (χ1v) is 9.64. The minimum atomic E-state index is -0.149. The van der Waals surface area contributed by atoms with Crippen molar-refractivity contribution < 1.29 is 4.79 Å². The van der Waals surface area contributed by atoms with Crippen molar-refractivity contribution in [1.29, 1.82) is 0 Å². The second-order valence-corrected chi connectivity index (χ2v) is 7.48. The van der Waals surface area contributed by atoms with E-state index in [0.29, 0.717) is 18.2 Å². The second kappa shape index (κ2) is 8.83. The molecule has 0 radical (unpaired) electrons. The van der Waals surface area contributed by atoms with E-state index in [2.05, 4.69) is 45.3 Å². The van der Waals surface area contributed by atoms with Gasteiger partial charge in [0.05, 0.1) is 0 Å². The molecule has 26 heavy (non-hydrogen) atoms. The fraction of sp³-hybridized carbons (Fsp3) is 0.550. The molecule has 0 spiro atoms. The molecule has 0 aliphatic carbocycles. The van der Waals surface area contributed by atoms with Crippen molar-refractivity contribution in [3.8, 4) is 0 Å². The molecule has 1 aliphatic heterocycles. The Labute approximate surface area is 155 Å². The smallest absolute Gasteiger partial charge is 0.272 e. The van der Waals surface area contributed by atoms with E-state index in [1.807, 2.05) is 18.3 Å². The molecule has 6 nitrogen and oxygen atoms in total. The molecule has 2 aromatic heterocycles. The van der Waals surface area contributed by atoms with Crippen LogP contribution >= 0.6 is 0 Å². The maximum absolute atomic E-state index is 12.3. The van der Waals surface area contributed by atoms with Crippen molar-refractivity contribution in [1.82, 2.24) is 20.5 Å². The van der Waals surface area contributed by atoms with E-state index >= 15 is 0 Å². The zero-order valence-electron chi connectivity index (χ0n) is 15.8. The number of hydrogen-bond acceptors (Lipinski definition) is 4. The molecule has 6 heteroatoms. The van der Waals surface area contributed by atoms with E-state index in [0.717, 1.165) is 36.6 Å². The number of rotatable bonds is 6. The Kier molecular flexibility index (Phi) is 6.26. The van der Waals surface area contributed by atoms with Gasteiger partial charge in [0.2, 0.25) is 0 Å². The highest BCUT2D eigenvalue weighted by Crippen LogP contribution is 2.18. The summed E-state index contributed by atoms with van der Waals surface area (Å²) < 4.78 is 0. The number of aromatic nitrogens is 3. The Morgan fingerprint density at radius 1 is 1.23 bits per heavy atom. The van der Waals surface area contributed by atoms with Crippen molar-refractivity contribution in [2.45, 2.75) is 52.5 Å². The average Bonchev–Trinajstić information content (AvgIpc) is 2.92. The van der Waals surface area contributed by atoms with Gasteiger partial charge >= 0.3 is 0 Å². The van der Waals surface area contributed by atoms with Crippen LogP contribution < -0.4 is 10.2 Å². The van der Waals surface area contributed by atoms with E-state index < -0.39 is 0 Å². The lowest BCUT2D eigenvalue weighted by molar-refractivity contribution is 0.0946. The van der Waals surface area contributed by atoms with Gasteiger partial charge in [-0.3, -0.25) is 9.89 Å². The molecule has 1 fully saturated rings. The van der Waals surface area contributed by atoms with Crippen molar-refractivity contribution in [2.24, 2.45) is 5.92 Å². The molecule has 1 amide bonds. The number of anilines is 1. The van der Waals surface area contributed by atoms with Crippen molar-refractivity contribution in [2.75, 3.05) is 18.0 Å². The van der Waals surface area contributed by atoms with Crippen LogP contribution in [0.25, 0.3) is 0 Å². The summed E-state index contributed by atoms with van der Waals surface area (Å²) in [6, 6.07) is 5.88. The molecule has 140 valence electrons. The summed E-state index contributed by atoms with van der Waals surface area (Å²) >= 11 is 0. The summed E-state index contributed by atoms with van der Waals surface area (Å²) in [5, 5.41) is 10.0. The number of amides is 1. The van der Waals surface area contributed by atoms with E-state index in [4.69, 9.17) is 0 Å². The standard InChI is InChI=1S/C20H29N5O/c1-15(2)11-17-13-18(24-23-17)20(26)22-14-16-7-8-21-19(12-16)25-9-5-3-4-6-10-25/h7-8,12-13,15H,3-6,9-11,14H2,1-2H3,(H,22,26)(H,23,24). The highest BCUT2D eigenvalue weighted by Gasteiger charge is 2.13. The van der Waals surface area contributed by atoms with Crippen LogP contribution in [0.3, 0.4) is 0 Å². The molecule has 0 unspecified atom stereocenters. The topological polar surface area (TPSA) is 73.9 Å². The molecule has 1 saturated heterocycles. The van der Waals surface area contributed by atoms with Gasteiger partial charge < -0.3 is 10.2 Å². The predicted octanol–water partition coefficient (Wildman–Crippen LogP) is 3.31. The molecule has 2 aromatic rings. The van der Waals surface area contributed by atoms with Gasteiger partial charge in [0, 0.05) is 31.5 Å². The molecule has 1 aliphatic rings. The predicted molar refractivity (Wildman–Crippen MR) is 103 cm³/mol. The number of carbonyl (C=O) groups is 1. The van der Waals surface area contributed by atoms with E-state index in [1.54, 1.807) is 0 Å². The Balaban J connectivity index is 1.58. The Hall–Kier alpha value is -2.37.